The highest BCUT2D eigenvalue weighted by molar-refractivity contribution is 6.30. The van der Waals surface area contributed by atoms with Crippen LogP contribution in [-0.2, 0) is 0 Å². The van der Waals surface area contributed by atoms with Crippen LogP contribution >= 0.6 is 11.6 Å². The smallest absolute Gasteiger partial charge is 0.125 e. The summed E-state index contributed by atoms with van der Waals surface area (Å²) >= 11 is 6.01. The molecule has 0 fully saturated rings. The van der Waals surface area contributed by atoms with Crippen molar-refractivity contribution in [2.45, 2.75) is 20.0 Å². The van der Waals surface area contributed by atoms with E-state index in [0.717, 1.165) is 16.7 Å². The summed E-state index contributed by atoms with van der Waals surface area (Å²) in [6.45, 7) is 4.45. The lowest BCUT2D eigenvalue weighted by Crippen LogP contribution is -2.05. The van der Waals surface area contributed by atoms with Crippen LogP contribution < -0.4 is 4.74 Å². The predicted octanol–water partition coefficient (Wildman–Crippen LogP) is 4.13. The van der Waals surface area contributed by atoms with E-state index in [1.165, 1.54) is 0 Å². The van der Waals surface area contributed by atoms with E-state index in [2.05, 4.69) is 0 Å². The molecule has 2 nitrogen and oxygen atoms in total. The second kappa shape index (κ2) is 6.09. The van der Waals surface area contributed by atoms with Gasteiger partial charge in [0.2, 0.25) is 0 Å². The maximum atomic E-state index is 10.6. The Kier molecular flexibility index (Phi) is 4.46. The van der Waals surface area contributed by atoms with Gasteiger partial charge in [-0.05, 0) is 43.2 Å². The van der Waals surface area contributed by atoms with E-state index in [-0.39, 0.29) is 0 Å². The molecule has 3 heteroatoms. The third-order valence-electron chi connectivity index (χ3n) is 3.05. The molecule has 0 heterocycles. The Bertz CT molecular complexity index is 566. The largest absolute Gasteiger partial charge is 0.493 e. The van der Waals surface area contributed by atoms with Crippen LogP contribution in [0, 0.1) is 6.92 Å². The Hall–Kier alpha value is -1.51. The van der Waals surface area contributed by atoms with Gasteiger partial charge in [-0.15, -0.1) is 0 Å². The molecule has 2 aromatic rings. The van der Waals surface area contributed by atoms with Crippen LogP contribution in [0.5, 0.6) is 5.75 Å². The van der Waals surface area contributed by atoms with Gasteiger partial charge >= 0.3 is 0 Å². The number of halogens is 1. The molecule has 1 unspecified atom stereocenters. The summed E-state index contributed by atoms with van der Waals surface area (Å²) in [5.41, 5.74) is 2.57. The van der Waals surface area contributed by atoms with Gasteiger partial charge in [0.25, 0.3) is 0 Å². The molecule has 2 rings (SSSR count). The fraction of sp³-hybridized carbons (Fsp3) is 0.250. The third-order valence-corrected chi connectivity index (χ3v) is 3.28. The van der Waals surface area contributed by atoms with Crippen molar-refractivity contribution in [3.05, 3.63) is 64.2 Å². The van der Waals surface area contributed by atoms with Crippen molar-refractivity contribution in [2.24, 2.45) is 0 Å². The molecule has 100 valence electrons. The molecule has 0 radical (unpaired) electrons. The second-order valence-corrected chi connectivity index (χ2v) is 4.81. The number of para-hydroxylation sites is 1. The Labute approximate surface area is 118 Å². The summed E-state index contributed by atoms with van der Waals surface area (Å²) in [5.74, 6) is 0.705. The molecule has 19 heavy (non-hydrogen) atoms. The van der Waals surface area contributed by atoms with Crippen LogP contribution in [0.25, 0.3) is 0 Å². The average molecular weight is 277 g/mol. The maximum Gasteiger partial charge on any atom is 0.125 e. The van der Waals surface area contributed by atoms with Crippen molar-refractivity contribution in [3.63, 3.8) is 0 Å². The van der Waals surface area contributed by atoms with Crippen LogP contribution in [0.4, 0.5) is 0 Å². The number of aliphatic hydroxyl groups is 1. The van der Waals surface area contributed by atoms with Crippen LogP contribution in [0.1, 0.15) is 29.7 Å². The van der Waals surface area contributed by atoms with Crippen LogP contribution in [0.3, 0.4) is 0 Å². The molecule has 0 aliphatic rings. The van der Waals surface area contributed by atoms with E-state index < -0.39 is 6.10 Å². The molecule has 0 aliphatic carbocycles. The minimum Gasteiger partial charge on any atom is -0.493 e. The van der Waals surface area contributed by atoms with E-state index in [9.17, 15) is 5.11 Å². The highest BCUT2D eigenvalue weighted by Gasteiger charge is 2.17. The van der Waals surface area contributed by atoms with Gasteiger partial charge in [-0.3, -0.25) is 0 Å². The van der Waals surface area contributed by atoms with Crippen molar-refractivity contribution in [2.75, 3.05) is 6.61 Å². The van der Waals surface area contributed by atoms with Crippen molar-refractivity contribution in [1.29, 1.82) is 0 Å². The summed E-state index contributed by atoms with van der Waals surface area (Å²) in [6, 6.07) is 13.0. The highest BCUT2D eigenvalue weighted by Crippen LogP contribution is 2.32. The first kappa shape index (κ1) is 13.9. The normalized spacial score (nSPS) is 12.2. The van der Waals surface area contributed by atoms with Gasteiger partial charge in [0.15, 0.2) is 0 Å². The summed E-state index contributed by atoms with van der Waals surface area (Å²) in [4.78, 5) is 0. The monoisotopic (exact) mass is 276 g/mol. The number of aryl methyl sites for hydroxylation is 1. The molecule has 0 saturated heterocycles. The Morgan fingerprint density at radius 3 is 2.63 bits per heavy atom. The first-order valence-electron chi connectivity index (χ1n) is 6.29. The first-order chi connectivity index (χ1) is 9.13. The van der Waals surface area contributed by atoms with Crippen LogP contribution in [0.2, 0.25) is 5.02 Å². The van der Waals surface area contributed by atoms with Gasteiger partial charge in [0.05, 0.1) is 6.61 Å². The average Bonchev–Trinajstić information content (AvgIpc) is 2.42. The lowest BCUT2D eigenvalue weighted by molar-refractivity contribution is 0.211. The number of ether oxygens (including phenoxy) is 1. The molecule has 0 aromatic heterocycles. The highest BCUT2D eigenvalue weighted by atomic mass is 35.5. The minimum absolute atomic E-state index is 0.568. The summed E-state index contributed by atoms with van der Waals surface area (Å²) < 4.78 is 5.56. The molecule has 0 saturated carbocycles. The maximum absolute atomic E-state index is 10.6. The van der Waals surface area contributed by atoms with E-state index in [0.29, 0.717) is 17.4 Å². The third kappa shape index (κ3) is 3.09. The van der Waals surface area contributed by atoms with E-state index in [1.807, 2.05) is 50.2 Å². The van der Waals surface area contributed by atoms with Gasteiger partial charge < -0.3 is 9.84 Å². The zero-order valence-corrected chi connectivity index (χ0v) is 11.8. The summed E-state index contributed by atoms with van der Waals surface area (Å²) in [6.07, 6.45) is -0.735. The molecule has 0 aliphatic heterocycles. The predicted molar refractivity (Wildman–Crippen MR) is 77.9 cm³/mol. The zero-order valence-electron chi connectivity index (χ0n) is 11.1. The molecule has 0 bridgehead atoms. The number of hydrogen-bond donors (Lipinski definition) is 1. The van der Waals surface area contributed by atoms with E-state index >= 15 is 0 Å². The van der Waals surface area contributed by atoms with Crippen molar-refractivity contribution in [3.8, 4) is 5.75 Å². The quantitative estimate of drug-likeness (QED) is 0.910. The van der Waals surface area contributed by atoms with Crippen molar-refractivity contribution in [1.82, 2.24) is 0 Å². The zero-order chi connectivity index (χ0) is 13.8. The molecule has 1 N–H and O–H groups in total. The number of hydrogen-bond acceptors (Lipinski definition) is 2. The Balaban J connectivity index is 2.43. The second-order valence-electron chi connectivity index (χ2n) is 4.37. The fourth-order valence-corrected chi connectivity index (χ4v) is 2.25. The van der Waals surface area contributed by atoms with E-state index in [4.69, 9.17) is 16.3 Å². The van der Waals surface area contributed by atoms with Gasteiger partial charge in [-0.2, -0.15) is 0 Å². The van der Waals surface area contributed by atoms with Gasteiger partial charge in [0.1, 0.15) is 11.9 Å². The summed E-state index contributed by atoms with van der Waals surface area (Å²) in [5, 5.41) is 11.2. The molecule has 0 amide bonds. The molecule has 1 atom stereocenters. The summed E-state index contributed by atoms with van der Waals surface area (Å²) in [7, 11) is 0. The van der Waals surface area contributed by atoms with Crippen molar-refractivity contribution < 1.29 is 9.84 Å². The lowest BCUT2D eigenvalue weighted by atomic mass is 9.97. The first-order valence-corrected chi connectivity index (χ1v) is 6.67. The number of aliphatic hydroxyl groups excluding tert-OH is 1. The lowest BCUT2D eigenvalue weighted by Gasteiger charge is -2.18. The fourth-order valence-electron chi connectivity index (χ4n) is 2.07. The molecular formula is C16H17ClO2. The Morgan fingerprint density at radius 2 is 1.89 bits per heavy atom. The molecule has 2 aromatic carbocycles. The minimum atomic E-state index is -0.735. The van der Waals surface area contributed by atoms with Gasteiger partial charge in [-0.1, -0.05) is 35.9 Å². The van der Waals surface area contributed by atoms with Gasteiger partial charge in [0, 0.05) is 10.6 Å². The van der Waals surface area contributed by atoms with E-state index in [1.54, 1.807) is 6.07 Å². The van der Waals surface area contributed by atoms with Crippen molar-refractivity contribution >= 4 is 11.6 Å². The molecular weight excluding hydrogens is 260 g/mol. The SMILES string of the molecule is CCOc1ccccc1C(O)c1cc(Cl)ccc1C. The van der Waals surface area contributed by atoms with Gasteiger partial charge in [-0.25, -0.2) is 0 Å². The standard InChI is InChI=1S/C16H17ClO2/c1-3-19-15-7-5-4-6-13(15)16(18)14-10-12(17)9-8-11(14)2/h4-10,16,18H,3H2,1-2H3. The van der Waals surface area contributed by atoms with Crippen LogP contribution in [0.15, 0.2) is 42.5 Å². The Morgan fingerprint density at radius 1 is 1.16 bits per heavy atom. The topological polar surface area (TPSA) is 29.5 Å². The number of benzene rings is 2. The van der Waals surface area contributed by atoms with Crippen LogP contribution in [-0.4, -0.2) is 11.7 Å². The molecule has 0 spiro atoms. The number of rotatable bonds is 4.